The van der Waals surface area contributed by atoms with Gasteiger partial charge in [0, 0.05) is 16.5 Å². The molecule has 3 N–H and O–H groups in total. The lowest BCUT2D eigenvalue weighted by Gasteiger charge is -2.11. The predicted molar refractivity (Wildman–Crippen MR) is 85.8 cm³/mol. The minimum absolute atomic E-state index is 0.180. The van der Waals surface area contributed by atoms with Crippen molar-refractivity contribution in [1.29, 1.82) is 0 Å². The minimum Gasteiger partial charge on any atom is -0.438 e. The van der Waals surface area contributed by atoms with Crippen molar-refractivity contribution >= 4 is 37.7 Å². The lowest BCUT2D eigenvalue weighted by Crippen LogP contribution is -2.11. The number of nitrogen functional groups attached to an aromatic ring is 1. The van der Waals surface area contributed by atoms with Gasteiger partial charge in [0.2, 0.25) is 5.88 Å². The molecule has 7 heteroatoms. The van der Waals surface area contributed by atoms with Crippen LogP contribution in [0.5, 0.6) is 11.6 Å². The van der Waals surface area contributed by atoms with E-state index in [9.17, 15) is 0 Å². The molecule has 1 heterocycles. The molecule has 1 aromatic heterocycles. The molecular weight excluding hydrogens is 388 g/mol. The van der Waals surface area contributed by atoms with Crippen molar-refractivity contribution < 1.29 is 4.74 Å². The van der Waals surface area contributed by atoms with Crippen LogP contribution in [0.2, 0.25) is 0 Å². The van der Waals surface area contributed by atoms with Gasteiger partial charge >= 0.3 is 0 Å². The summed E-state index contributed by atoms with van der Waals surface area (Å²) in [5, 5.41) is 0. The van der Waals surface area contributed by atoms with E-state index < -0.39 is 0 Å². The molecule has 0 aliphatic heterocycles. The lowest BCUT2D eigenvalue weighted by atomic mass is 10.2. The van der Waals surface area contributed by atoms with Gasteiger partial charge in [-0.2, -0.15) is 4.98 Å². The third kappa shape index (κ3) is 3.68. The first-order valence-corrected chi connectivity index (χ1v) is 7.56. The van der Waals surface area contributed by atoms with E-state index in [2.05, 4.69) is 47.3 Å². The molecule has 2 aromatic rings. The molecule has 0 saturated carbocycles. The second-order valence-corrected chi connectivity index (χ2v) is 6.20. The fraction of sp³-hybridized carbons (Fsp3) is 0.231. The van der Waals surface area contributed by atoms with Gasteiger partial charge in [0.25, 0.3) is 0 Å². The summed E-state index contributed by atoms with van der Waals surface area (Å²) in [4.78, 5) is 8.66. The Morgan fingerprint density at radius 2 is 1.95 bits per heavy atom. The van der Waals surface area contributed by atoms with Gasteiger partial charge in [-0.05, 0) is 34.1 Å². The first-order valence-electron chi connectivity index (χ1n) is 5.98. The van der Waals surface area contributed by atoms with Crippen molar-refractivity contribution in [2.45, 2.75) is 19.8 Å². The van der Waals surface area contributed by atoms with Crippen LogP contribution >= 0.6 is 31.9 Å². The standard InChI is InChI=1S/C13H14Br2N4O/c1-7(2)13-17-11(19-16)6-12(18-13)20-10-4-3-8(14)5-9(10)15/h3-7H,16H2,1-2H3,(H,17,18,19). The quantitative estimate of drug-likeness (QED) is 0.593. The molecule has 1 aromatic carbocycles. The number of nitrogens with zero attached hydrogens (tertiary/aromatic N) is 2. The second kappa shape index (κ2) is 6.51. The zero-order valence-corrected chi connectivity index (χ0v) is 14.2. The Morgan fingerprint density at radius 1 is 1.20 bits per heavy atom. The highest BCUT2D eigenvalue weighted by Crippen LogP contribution is 2.32. The number of hydrazine groups is 1. The SMILES string of the molecule is CC(C)c1nc(NN)cc(Oc2ccc(Br)cc2Br)n1. The molecule has 106 valence electrons. The molecule has 0 saturated heterocycles. The van der Waals surface area contributed by atoms with E-state index in [1.807, 2.05) is 32.0 Å². The van der Waals surface area contributed by atoms with E-state index in [0.29, 0.717) is 23.3 Å². The summed E-state index contributed by atoms with van der Waals surface area (Å²) in [6.07, 6.45) is 0. The normalized spacial score (nSPS) is 10.7. The zero-order valence-electron chi connectivity index (χ0n) is 11.0. The Balaban J connectivity index is 2.34. The Hall–Kier alpha value is -1.18. The van der Waals surface area contributed by atoms with Gasteiger partial charge < -0.3 is 10.2 Å². The van der Waals surface area contributed by atoms with Crippen molar-refractivity contribution in [2.24, 2.45) is 5.84 Å². The number of benzene rings is 1. The number of halogens is 2. The van der Waals surface area contributed by atoms with Gasteiger partial charge in [-0.1, -0.05) is 29.8 Å². The smallest absolute Gasteiger partial charge is 0.224 e. The third-order valence-corrected chi connectivity index (χ3v) is 3.61. The molecule has 5 nitrogen and oxygen atoms in total. The van der Waals surface area contributed by atoms with Crippen LogP contribution in [0.25, 0.3) is 0 Å². The highest BCUT2D eigenvalue weighted by Gasteiger charge is 2.10. The van der Waals surface area contributed by atoms with E-state index in [4.69, 9.17) is 10.6 Å². The fourth-order valence-corrected chi connectivity index (χ4v) is 2.63. The van der Waals surface area contributed by atoms with Crippen molar-refractivity contribution in [3.63, 3.8) is 0 Å². The van der Waals surface area contributed by atoms with Gasteiger partial charge in [0.1, 0.15) is 17.4 Å². The highest BCUT2D eigenvalue weighted by atomic mass is 79.9. The van der Waals surface area contributed by atoms with Crippen LogP contribution in [0, 0.1) is 0 Å². The van der Waals surface area contributed by atoms with Gasteiger partial charge in [-0.15, -0.1) is 0 Å². The fourth-order valence-electron chi connectivity index (χ4n) is 1.50. The first kappa shape index (κ1) is 15.2. The molecular formula is C13H14Br2N4O. The molecule has 20 heavy (non-hydrogen) atoms. The lowest BCUT2D eigenvalue weighted by molar-refractivity contribution is 0.454. The topological polar surface area (TPSA) is 73.1 Å². The predicted octanol–water partition coefficient (Wildman–Crippen LogP) is 4.20. The molecule has 2 rings (SSSR count). The number of nitrogens with one attached hydrogen (secondary N) is 1. The third-order valence-electron chi connectivity index (χ3n) is 2.49. The van der Waals surface area contributed by atoms with Crippen molar-refractivity contribution in [2.75, 3.05) is 5.43 Å². The summed E-state index contributed by atoms with van der Waals surface area (Å²) in [5.74, 6) is 7.90. The summed E-state index contributed by atoms with van der Waals surface area (Å²) in [7, 11) is 0. The average molecular weight is 402 g/mol. The molecule has 0 atom stereocenters. The van der Waals surface area contributed by atoms with E-state index >= 15 is 0 Å². The zero-order chi connectivity index (χ0) is 14.7. The van der Waals surface area contributed by atoms with Crippen LogP contribution in [0.1, 0.15) is 25.6 Å². The molecule has 0 amide bonds. The van der Waals surface area contributed by atoms with Gasteiger partial charge in [-0.3, -0.25) is 0 Å². The maximum absolute atomic E-state index is 5.78. The van der Waals surface area contributed by atoms with Crippen molar-refractivity contribution in [3.8, 4) is 11.6 Å². The van der Waals surface area contributed by atoms with E-state index in [1.54, 1.807) is 6.07 Å². The van der Waals surface area contributed by atoms with Gasteiger partial charge in [-0.25, -0.2) is 10.8 Å². The summed E-state index contributed by atoms with van der Waals surface area (Å²) in [6.45, 7) is 4.02. The Kier molecular flexibility index (Phi) is 4.95. The number of hydrogen-bond acceptors (Lipinski definition) is 5. The largest absolute Gasteiger partial charge is 0.438 e. The number of rotatable bonds is 4. The monoisotopic (exact) mass is 400 g/mol. The van der Waals surface area contributed by atoms with Crippen molar-refractivity contribution in [3.05, 3.63) is 39.0 Å². The molecule has 0 unspecified atom stereocenters. The molecule has 0 aliphatic rings. The number of ether oxygens (including phenoxy) is 1. The summed E-state index contributed by atoms with van der Waals surface area (Å²) < 4.78 is 7.58. The maximum Gasteiger partial charge on any atom is 0.224 e. The Labute approximate surface area is 134 Å². The van der Waals surface area contributed by atoms with Crippen LogP contribution in [-0.2, 0) is 0 Å². The summed E-state index contributed by atoms with van der Waals surface area (Å²) >= 11 is 6.85. The van der Waals surface area contributed by atoms with E-state index in [1.165, 1.54) is 0 Å². The van der Waals surface area contributed by atoms with Gasteiger partial charge in [0.05, 0.1) is 4.47 Å². The Morgan fingerprint density at radius 3 is 2.55 bits per heavy atom. The van der Waals surface area contributed by atoms with Crippen molar-refractivity contribution in [1.82, 2.24) is 9.97 Å². The van der Waals surface area contributed by atoms with Crippen LogP contribution in [0.3, 0.4) is 0 Å². The molecule has 0 bridgehead atoms. The second-order valence-electron chi connectivity index (χ2n) is 4.43. The molecule has 0 fully saturated rings. The number of aromatic nitrogens is 2. The van der Waals surface area contributed by atoms with Crippen LogP contribution in [-0.4, -0.2) is 9.97 Å². The Bertz CT molecular complexity index is 619. The molecule has 0 radical (unpaired) electrons. The van der Waals surface area contributed by atoms with Crippen LogP contribution in [0.15, 0.2) is 33.2 Å². The number of nitrogens with two attached hydrogens (primary N) is 1. The van der Waals surface area contributed by atoms with Crippen LogP contribution < -0.4 is 16.0 Å². The molecule has 0 spiro atoms. The average Bonchev–Trinajstić information content (AvgIpc) is 2.41. The summed E-state index contributed by atoms with van der Waals surface area (Å²) in [6, 6.07) is 7.30. The first-order chi connectivity index (χ1) is 9.49. The van der Waals surface area contributed by atoms with E-state index in [0.717, 1.165) is 8.95 Å². The van der Waals surface area contributed by atoms with Crippen LogP contribution in [0.4, 0.5) is 5.82 Å². The minimum atomic E-state index is 0.180. The summed E-state index contributed by atoms with van der Waals surface area (Å²) in [5.41, 5.74) is 2.52. The molecule has 0 aliphatic carbocycles. The number of anilines is 1. The highest BCUT2D eigenvalue weighted by molar-refractivity contribution is 9.11. The van der Waals surface area contributed by atoms with E-state index in [-0.39, 0.29) is 5.92 Å². The maximum atomic E-state index is 5.78. The van der Waals surface area contributed by atoms with Gasteiger partial charge in [0.15, 0.2) is 0 Å². The number of hydrogen-bond donors (Lipinski definition) is 2.